The van der Waals surface area contributed by atoms with Crippen LogP contribution in [-0.2, 0) is 30.3 Å². The molecule has 6 nitrogen and oxygen atoms in total. The number of nitrogens with one attached hydrogen (secondary N) is 1. The van der Waals surface area contributed by atoms with Crippen molar-refractivity contribution in [2.75, 3.05) is 19.5 Å². The van der Waals surface area contributed by atoms with Crippen LogP contribution in [0.25, 0.3) is 5.57 Å². The predicted molar refractivity (Wildman–Crippen MR) is 134 cm³/mol. The molecule has 3 aromatic carbocycles. The van der Waals surface area contributed by atoms with E-state index in [0.29, 0.717) is 22.4 Å². The molecular formula is C29H27NO5. The minimum Gasteiger partial charge on any atom is -0.467 e. The van der Waals surface area contributed by atoms with Crippen LogP contribution in [0.5, 0.6) is 0 Å². The van der Waals surface area contributed by atoms with Crippen molar-refractivity contribution in [3.63, 3.8) is 0 Å². The molecule has 0 heterocycles. The number of carbonyl (C=O) groups excluding carboxylic acids is 3. The van der Waals surface area contributed by atoms with E-state index in [1.807, 2.05) is 91.9 Å². The van der Waals surface area contributed by atoms with Crippen LogP contribution in [0, 0.1) is 0 Å². The average molecular weight is 470 g/mol. The molecule has 0 fully saturated rings. The Bertz CT molecular complexity index is 1270. The minimum absolute atomic E-state index is 0.171. The van der Waals surface area contributed by atoms with Gasteiger partial charge in [0.2, 0.25) is 11.3 Å². The van der Waals surface area contributed by atoms with Crippen molar-refractivity contribution in [3.05, 3.63) is 107 Å². The molecule has 3 aromatic rings. The Morgan fingerprint density at radius 1 is 0.857 bits per heavy atom. The zero-order chi connectivity index (χ0) is 25.0. The van der Waals surface area contributed by atoms with E-state index in [-0.39, 0.29) is 5.57 Å². The Morgan fingerprint density at radius 2 is 1.46 bits per heavy atom. The van der Waals surface area contributed by atoms with Crippen molar-refractivity contribution < 1.29 is 23.9 Å². The number of aryl methyl sites for hydroxylation is 1. The minimum atomic E-state index is -1.92. The van der Waals surface area contributed by atoms with Gasteiger partial charge < -0.3 is 14.8 Å². The first kappa shape index (κ1) is 24.0. The molecule has 1 N–H and O–H groups in total. The first-order valence-electron chi connectivity index (χ1n) is 11.4. The zero-order valence-electron chi connectivity index (χ0n) is 19.9. The quantitative estimate of drug-likeness (QED) is 0.310. The molecule has 0 amide bonds. The number of anilines is 1. The number of Topliss-reactive ketones (excluding diaryl/α,β-unsaturated/α-hetero) is 1. The van der Waals surface area contributed by atoms with E-state index in [1.165, 1.54) is 14.2 Å². The van der Waals surface area contributed by atoms with Crippen molar-refractivity contribution >= 4 is 29.0 Å². The maximum atomic E-state index is 14.2. The van der Waals surface area contributed by atoms with Gasteiger partial charge in [0.1, 0.15) is 5.57 Å². The molecule has 2 unspecified atom stereocenters. The normalized spacial score (nSPS) is 19.4. The number of benzene rings is 3. The fourth-order valence-corrected chi connectivity index (χ4v) is 4.71. The third-order valence-electron chi connectivity index (χ3n) is 6.39. The second-order valence-corrected chi connectivity index (χ2v) is 8.29. The van der Waals surface area contributed by atoms with Gasteiger partial charge in [0.15, 0.2) is 0 Å². The number of rotatable bonds is 7. The van der Waals surface area contributed by atoms with Crippen LogP contribution in [0.15, 0.2) is 90.5 Å². The summed E-state index contributed by atoms with van der Waals surface area (Å²) in [6.07, 6.45) is 0.847. The molecule has 0 aliphatic heterocycles. The highest BCUT2D eigenvalue weighted by molar-refractivity contribution is 6.37. The Kier molecular flexibility index (Phi) is 6.82. The highest BCUT2D eigenvalue weighted by Crippen LogP contribution is 2.51. The molecule has 0 radical (unpaired) electrons. The number of ether oxygens (including phenoxy) is 2. The third kappa shape index (κ3) is 4.12. The molecule has 4 rings (SSSR count). The third-order valence-corrected chi connectivity index (χ3v) is 6.39. The number of ketones is 1. The summed E-state index contributed by atoms with van der Waals surface area (Å²) in [6.45, 7) is 2.04. The predicted octanol–water partition coefficient (Wildman–Crippen LogP) is 4.57. The van der Waals surface area contributed by atoms with E-state index in [0.717, 1.165) is 12.0 Å². The fourth-order valence-electron chi connectivity index (χ4n) is 4.71. The van der Waals surface area contributed by atoms with Crippen LogP contribution < -0.4 is 5.32 Å². The van der Waals surface area contributed by atoms with Crippen molar-refractivity contribution in [1.29, 1.82) is 0 Å². The van der Waals surface area contributed by atoms with Crippen LogP contribution >= 0.6 is 0 Å². The van der Waals surface area contributed by atoms with Gasteiger partial charge in [-0.3, -0.25) is 4.79 Å². The van der Waals surface area contributed by atoms with E-state index < -0.39 is 29.2 Å². The summed E-state index contributed by atoms with van der Waals surface area (Å²) in [5.41, 5.74) is 1.32. The van der Waals surface area contributed by atoms with Gasteiger partial charge in [-0.1, -0.05) is 79.7 Å². The van der Waals surface area contributed by atoms with Gasteiger partial charge in [-0.15, -0.1) is 0 Å². The van der Waals surface area contributed by atoms with Crippen LogP contribution in [0.4, 0.5) is 5.69 Å². The molecular weight excluding hydrogens is 442 g/mol. The maximum Gasteiger partial charge on any atom is 0.341 e. The van der Waals surface area contributed by atoms with Gasteiger partial charge in [-0.25, -0.2) is 9.59 Å². The number of methoxy groups -OCH3 is 2. The van der Waals surface area contributed by atoms with Crippen LogP contribution in [0.3, 0.4) is 0 Å². The highest BCUT2D eigenvalue weighted by atomic mass is 16.5. The van der Waals surface area contributed by atoms with Gasteiger partial charge in [-0.2, -0.15) is 0 Å². The van der Waals surface area contributed by atoms with Gasteiger partial charge >= 0.3 is 11.9 Å². The molecule has 0 saturated carbocycles. The molecule has 178 valence electrons. The van der Waals surface area contributed by atoms with Crippen LogP contribution in [0.1, 0.15) is 29.5 Å². The van der Waals surface area contributed by atoms with E-state index in [1.54, 1.807) is 0 Å². The second-order valence-electron chi connectivity index (χ2n) is 8.29. The van der Waals surface area contributed by atoms with Gasteiger partial charge in [0.05, 0.1) is 20.1 Å². The molecule has 35 heavy (non-hydrogen) atoms. The van der Waals surface area contributed by atoms with Gasteiger partial charge in [0.25, 0.3) is 0 Å². The molecule has 1 aliphatic rings. The van der Waals surface area contributed by atoms with Crippen molar-refractivity contribution in [2.24, 2.45) is 0 Å². The molecule has 0 bridgehead atoms. The number of hydrogen-bond acceptors (Lipinski definition) is 6. The largest absolute Gasteiger partial charge is 0.467 e. The van der Waals surface area contributed by atoms with Gasteiger partial charge in [-0.05, 0) is 40.8 Å². The smallest absolute Gasteiger partial charge is 0.341 e. The summed E-state index contributed by atoms with van der Waals surface area (Å²) in [6, 6.07) is 25.8. The Morgan fingerprint density at radius 3 is 2.00 bits per heavy atom. The lowest BCUT2D eigenvalue weighted by Crippen LogP contribution is -2.56. The maximum absolute atomic E-state index is 14.2. The summed E-state index contributed by atoms with van der Waals surface area (Å²) in [4.78, 5) is 40.8. The average Bonchev–Trinajstić information content (AvgIpc) is 3.18. The van der Waals surface area contributed by atoms with E-state index in [4.69, 9.17) is 9.47 Å². The summed E-state index contributed by atoms with van der Waals surface area (Å²) in [5.74, 6) is -3.14. The first-order chi connectivity index (χ1) is 17.0. The van der Waals surface area contributed by atoms with Gasteiger partial charge in [0, 0.05) is 5.69 Å². The molecule has 0 spiro atoms. The standard InChI is InChI=1S/C29H27NO5/c1-4-19-15-17-22(18-16-19)30-29(28(33)35-3)25(21-13-9-6-10-14-21)23(20-11-7-5-8-12-20)24(26(29)31)27(32)34-2/h5-18,25,30H,4H2,1-3H3. The Hall–Kier alpha value is -4.19. The lowest BCUT2D eigenvalue weighted by molar-refractivity contribution is -0.149. The molecule has 1 aliphatic carbocycles. The van der Waals surface area contributed by atoms with E-state index in [9.17, 15) is 14.4 Å². The number of hydrogen-bond donors (Lipinski definition) is 1. The summed E-state index contributed by atoms with van der Waals surface area (Å²) in [7, 11) is 2.46. The lowest BCUT2D eigenvalue weighted by Gasteiger charge is -2.35. The Balaban J connectivity index is 2.03. The first-order valence-corrected chi connectivity index (χ1v) is 11.4. The summed E-state index contributed by atoms with van der Waals surface area (Å²) >= 11 is 0. The molecule has 0 aromatic heterocycles. The van der Waals surface area contributed by atoms with E-state index >= 15 is 0 Å². The molecule has 0 saturated heterocycles. The highest BCUT2D eigenvalue weighted by Gasteiger charge is 2.63. The van der Waals surface area contributed by atoms with Crippen molar-refractivity contribution in [1.82, 2.24) is 0 Å². The monoisotopic (exact) mass is 469 g/mol. The molecule has 6 heteroatoms. The fraction of sp³-hybridized carbons (Fsp3) is 0.207. The topological polar surface area (TPSA) is 81.7 Å². The SMILES string of the molecule is CCc1ccc(NC2(C(=O)OC)C(=O)C(C(=O)OC)=C(c3ccccc3)C2c2ccccc2)cc1. The second kappa shape index (κ2) is 9.97. The number of carbonyl (C=O) groups is 3. The lowest BCUT2D eigenvalue weighted by atomic mass is 9.76. The molecule has 2 atom stereocenters. The van der Waals surface area contributed by atoms with Crippen LogP contribution in [-0.4, -0.2) is 37.5 Å². The van der Waals surface area contributed by atoms with Crippen LogP contribution in [0.2, 0.25) is 0 Å². The number of esters is 2. The Labute approximate surface area is 204 Å². The summed E-state index contributed by atoms with van der Waals surface area (Å²) in [5, 5.41) is 3.19. The summed E-state index contributed by atoms with van der Waals surface area (Å²) < 4.78 is 10.3. The van der Waals surface area contributed by atoms with Crippen molar-refractivity contribution in [3.8, 4) is 0 Å². The zero-order valence-corrected chi connectivity index (χ0v) is 19.9. The van der Waals surface area contributed by atoms with Crippen molar-refractivity contribution in [2.45, 2.75) is 24.8 Å². The van der Waals surface area contributed by atoms with E-state index in [2.05, 4.69) is 5.32 Å².